The summed E-state index contributed by atoms with van der Waals surface area (Å²) in [4.78, 5) is 32.7. The number of urea groups is 1. The molecule has 3 amide bonds. The van der Waals surface area contributed by atoms with Crippen LogP contribution in [0.3, 0.4) is 0 Å². The Kier molecular flexibility index (Phi) is 8.76. The molecular weight excluding hydrogens is 500 g/mol. The van der Waals surface area contributed by atoms with E-state index in [1.54, 1.807) is 29.2 Å². The average Bonchev–Trinajstić information content (AvgIpc) is 2.99. The highest BCUT2D eigenvalue weighted by molar-refractivity contribution is 5.98. The van der Waals surface area contributed by atoms with Crippen LogP contribution in [0.15, 0.2) is 84.9 Å². The van der Waals surface area contributed by atoms with Gasteiger partial charge in [-0.05, 0) is 61.7 Å². The van der Waals surface area contributed by atoms with Crippen molar-refractivity contribution in [3.63, 3.8) is 0 Å². The summed E-state index contributed by atoms with van der Waals surface area (Å²) in [5, 5.41) is 10.9. The molecule has 40 heavy (non-hydrogen) atoms. The molecule has 0 aromatic heterocycles. The molecule has 1 atom stereocenters. The maximum absolute atomic E-state index is 13.8. The van der Waals surface area contributed by atoms with E-state index in [4.69, 9.17) is 11.1 Å². The fraction of sp³-hybridized carbons (Fsp3) is 0.344. The standard InChI is InChI=1S/C32H38N6O2/c33-30(34)28-12-7-13-29(18-28)38-23-26(19-35-31(39)27-10-5-2-6-11-27)22-37(32(38)40)21-25-14-16-36(17-15-25)20-24-8-3-1-4-9-24/h1-13,18,25-26H,14-17,19-23H2,(H3,33,34)(H,35,39). The zero-order valence-electron chi connectivity index (χ0n) is 22.8. The molecule has 0 radical (unpaired) electrons. The molecule has 2 aliphatic heterocycles. The van der Waals surface area contributed by atoms with E-state index in [0.29, 0.717) is 43.2 Å². The van der Waals surface area contributed by atoms with Crippen molar-refractivity contribution in [2.75, 3.05) is 44.2 Å². The number of carbonyl (C=O) groups excluding carboxylic acids is 2. The Morgan fingerprint density at radius 3 is 2.25 bits per heavy atom. The first-order chi connectivity index (χ1) is 19.5. The fourth-order valence-electron chi connectivity index (χ4n) is 5.70. The van der Waals surface area contributed by atoms with Crippen LogP contribution in [0.1, 0.15) is 34.3 Å². The van der Waals surface area contributed by atoms with Crippen LogP contribution < -0.4 is 16.0 Å². The summed E-state index contributed by atoms with van der Waals surface area (Å²) >= 11 is 0. The number of nitrogens with one attached hydrogen (secondary N) is 2. The van der Waals surface area contributed by atoms with Crippen molar-refractivity contribution in [2.45, 2.75) is 19.4 Å². The largest absolute Gasteiger partial charge is 0.384 e. The minimum Gasteiger partial charge on any atom is -0.384 e. The third-order valence-corrected chi connectivity index (χ3v) is 7.91. The predicted molar refractivity (Wildman–Crippen MR) is 158 cm³/mol. The molecule has 0 saturated carbocycles. The minimum absolute atomic E-state index is 0.0296. The number of anilines is 1. The van der Waals surface area contributed by atoms with E-state index in [1.807, 2.05) is 41.3 Å². The van der Waals surface area contributed by atoms with Gasteiger partial charge in [-0.2, -0.15) is 0 Å². The van der Waals surface area contributed by atoms with Crippen LogP contribution in [-0.4, -0.2) is 66.8 Å². The van der Waals surface area contributed by atoms with Crippen LogP contribution in [0.25, 0.3) is 0 Å². The first-order valence-electron chi connectivity index (χ1n) is 14.1. The summed E-state index contributed by atoms with van der Waals surface area (Å²) in [5.41, 5.74) is 9.00. The summed E-state index contributed by atoms with van der Waals surface area (Å²) in [7, 11) is 0. The lowest BCUT2D eigenvalue weighted by molar-refractivity contribution is 0.0938. The molecule has 3 aromatic carbocycles. The quantitative estimate of drug-likeness (QED) is 0.281. The summed E-state index contributed by atoms with van der Waals surface area (Å²) in [6.45, 7) is 5.24. The molecule has 3 aromatic rings. The molecule has 2 saturated heterocycles. The fourth-order valence-corrected chi connectivity index (χ4v) is 5.70. The van der Waals surface area contributed by atoms with E-state index in [2.05, 4.69) is 34.5 Å². The topological polar surface area (TPSA) is 106 Å². The van der Waals surface area contributed by atoms with Gasteiger partial charge in [0.15, 0.2) is 0 Å². The van der Waals surface area contributed by atoms with E-state index in [0.717, 1.165) is 38.2 Å². The Hall–Kier alpha value is -4.17. The molecule has 2 heterocycles. The lowest BCUT2D eigenvalue weighted by atomic mass is 9.94. The summed E-state index contributed by atoms with van der Waals surface area (Å²) in [6.07, 6.45) is 2.09. The number of amidine groups is 1. The maximum atomic E-state index is 13.8. The smallest absolute Gasteiger partial charge is 0.324 e. The Morgan fingerprint density at radius 1 is 0.875 bits per heavy atom. The van der Waals surface area contributed by atoms with Gasteiger partial charge in [0, 0.05) is 55.5 Å². The summed E-state index contributed by atoms with van der Waals surface area (Å²) in [6, 6.07) is 27.0. The Morgan fingerprint density at radius 2 is 1.55 bits per heavy atom. The van der Waals surface area contributed by atoms with Crippen LogP contribution in [-0.2, 0) is 6.54 Å². The van der Waals surface area contributed by atoms with Gasteiger partial charge in [0.2, 0.25) is 0 Å². The number of piperidine rings is 1. The number of likely N-dealkylation sites (tertiary alicyclic amines) is 1. The third-order valence-electron chi connectivity index (χ3n) is 7.91. The number of hydrogen-bond acceptors (Lipinski definition) is 4. The average molecular weight is 539 g/mol. The maximum Gasteiger partial charge on any atom is 0.324 e. The normalized spacial score (nSPS) is 18.5. The van der Waals surface area contributed by atoms with Gasteiger partial charge in [0.05, 0.1) is 0 Å². The Labute approximate surface area is 236 Å². The second-order valence-electron chi connectivity index (χ2n) is 10.9. The van der Waals surface area contributed by atoms with Crippen molar-refractivity contribution in [1.29, 1.82) is 5.41 Å². The molecule has 0 bridgehead atoms. The Balaban J connectivity index is 1.25. The summed E-state index contributed by atoms with van der Waals surface area (Å²) < 4.78 is 0. The number of nitrogen functional groups attached to an aromatic ring is 1. The summed E-state index contributed by atoms with van der Waals surface area (Å²) in [5.74, 6) is 0.348. The number of carbonyl (C=O) groups is 2. The highest BCUT2D eigenvalue weighted by Gasteiger charge is 2.35. The molecule has 8 heteroatoms. The van der Waals surface area contributed by atoms with Crippen molar-refractivity contribution in [1.82, 2.24) is 15.1 Å². The highest BCUT2D eigenvalue weighted by Crippen LogP contribution is 2.27. The number of hydrogen-bond donors (Lipinski definition) is 3. The van der Waals surface area contributed by atoms with E-state index >= 15 is 0 Å². The minimum atomic E-state index is -0.111. The second kappa shape index (κ2) is 12.8. The zero-order chi connectivity index (χ0) is 27.9. The van der Waals surface area contributed by atoms with Crippen LogP contribution in [0.4, 0.5) is 10.5 Å². The van der Waals surface area contributed by atoms with Gasteiger partial charge >= 0.3 is 6.03 Å². The van der Waals surface area contributed by atoms with Crippen molar-refractivity contribution >= 4 is 23.5 Å². The van der Waals surface area contributed by atoms with E-state index in [9.17, 15) is 9.59 Å². The number of rotatable bonds is 9. The second-order valence-corrected chi connectivity index (χ2v) is 10.9. The van der Waals surface area contributed by atoms with Crippen molar-refractivity contribution < 1.29 is 9.59 Å². The number of nitrogens with two attached hydrogens (primary N) is 1. The zero-order valence-corrected chi connectivity index (χ0v) is 22.8. The molecule has 5 rings (SSSR count). The molecule has 208 valence electrons. The van der Waals surface area contributed by atoms with Gasteiger partial charge in [0.25, 0.3) is 5.91 Å². The number of amides is 3. The lowest BCUT2D eigenvalue weighted by Crippen LogP contribution is -2.57. The molecule has 2 aliphatic rings. The van der Waals surface area contributed by atoms with Gasteiger partial charge < -0.3 is 16.0 Å². The van der Waals surface area contributed by atoms with E-state index in [1.165, 1.54) is 5.56 Å². The molecule has 0 aliphatic carbocycles. The predicted octanol–water partition coefficient (Wildman–Crippen LogP) is 4.17. The molecule has 2 fully saturated rings. The number of benzene rings is 3. The lowest BCUT2D eigenvalue weighted by Gasteiger charge is -2.42. The molecule has 8 nitrogen and oxygen atoms in total. The van der Waals surface area contributed by atoms with Gasteiger partial charge in [-0.3, -0.25) is 20.0 Å². The third kappa shape index (κ3) is 6.87. The van der Waals surface area contributed by atoms with Crippen LogP contribution in [0.2, 0.25) is 0 Å². The first-order valence-corrected chi connectivity index (χ1v) is 14.1. The molecule has 0 spiro atoms. The van der Waals surface area contributed by atoms with Gasteiger partial charge in [-0.15, -0.1) is 0 Å². The molecule has 1 unspecified atom stereocenters. The van der Waals surface area contributed by atoms with Gasteiger partial charge in [-0.1, -0.05) is 60.7 Å². The van der Waals surface area contributed by atoms with Crippen molar-refractivity contribution in [3.05, 3.63) is 102 Å². The SMILES string of the molecule is N=C(N)c1cccc(N2CC(CNC(=O)c3ccccc3)CN(CC3CCN(Cc4ccccc4)CC3)C2=O)c1. The van der Waals surface area contributed by atoms with E-state index in [-0.39, 0.29) is 23.7 Å². The van der Waals surface area contributed by atoms with E-state index < -0.39 is 0 Å². The Bertz CT molecular complexity index is 1310. The number of nitrogens with zero attached hydrogens (tertiary/aromatic N) is 3. The molecular formula is C32H38N6O2. The van der Waals surface area contributed by atoms with Crippen molar-refractivity contribution in [2.24, 2.45) is 17.6 Å². The van der Waals surface area contributed by atoms with Crippen LogP contribution in [0, 0.1) is 17.2 Å². The van der Waals surface area contributed by atoms with Crippen LogP contribution in [0.5, 0.6) is 0 Å². The van der Waals surface area contributed by atoms with Crippen molar-refractivity contribution in [3.8, 4) is 0 Å². The first kappa shape index (κ1) is 27.4. The van der Waals surface area contributed by atoms with Gasteiger partial charge in [-0.25, -0.2) is 4.79 Å². The monoisotopic (exact) mass is 538 g/mol. The van der Waals surface area contributed by atoms with Gasteiger partial charge in [0.1, 0.15) is 5.84 Å². The highest BCUT2D eigenvalue weighted by atomic mass is 16.2. The molecule has 4 N–H and O–H groups in total. The van der Waals surface area contributed by atoms with Crippen LogP contribution >= 0.6 is 0 Å².